The lowest BCUT2D eigenvalue weighted by atomic mass is 9.92. The molecule has 0 saturated heterocycles. The van der Waals surface area contributed by atoms with Crippen LogP contribution >= 0.6 is 11.6 Å². The summed E-state index contributed by atoms with van der Waals surface area (Å²) < 4.78 is 5.32. The molecule has 3 heteroatoms. The van der Waals surface area contributed by atoms with Crippen molar-refractivity contribution in [1.29, 1.82) is 0 Å². The summed E-state index contributed by atoms with van der Waals surface area (Å²) in [6.45, 7) is 0. The van der Waals surface area contributed by atoms with Gasteiger partial charge in [-0.3, -0.25) is 0 Å². The number of benzene rings is 1. The van der Waals surface area contributed by atoms with Crippen LogP contribution in [0.2, 0.25) is 5.02 Å². The molecule has 1 aromatic carbocycles. The average molecular weight is 281 g/mol. The van der Waals surface area contributed by atoms with E-state index in [-0.39, 0.29) is 0 Å². The van der Waals surface area contributed by atoms with Crippen molar-refractivity contribution in [3.63, 3.8) is 0 Å². The first-order chi connectivity index (χ1) is 9.22. The van der Waals surface area contributed by atoms with Crippen LogP contribution < -0.4 is 4.74 Å². The second-order valence-corrected chi connectivity index (χ2v) is 5.46. The molecule has 1 unspecified atom stereocenters. The molecule has 0 fully saturated rings. The highest BCUT2D eigenvalue weighted by molar-refractivity contribution is 6.30. The molecule has 0 aliphatic heterocycles. The second-order valence-electron chi connectivity index (χ2n) is 5.02. The van der Waals surface area contributed by atoms with Crippen LogP contribution in [-0.4, -0.2) is 12.2 Å². The SMILES string of the molecule is COc1ccc(Cl)cc1C(O)/C1=C/CCCCCC1. The maximum atomic E-state index is 10.6. The minimum absolute atomic E-state index is 0.605. The summed E-state index contributed by atoms with van der Waals surface area (Å²) in [5, 5.41) is 11.2. The molecular weight excluding hydrogens is 260 g/mol. The zero-order chi connectivity index (χ0) is 13.7. The molecule has 0 spiro atoms. The van der Waals surface area contributed by atoms with Gasteiger partial charge in [-0.05, 0) is 49.5 Å². The third kappa shape index (κ3) is 3.74. The lowest BCUT2D eigenvalue weighted by Crippen LogP contribution is -2.05. The summed E-state index contributed by atoms with van der Waals surface area (Å²) in [5.74, 6) is 0.694. The molecule has 1 aromatic rings. The molecule has 19 heavy (non-hydrogen) atoms. The number of ether oxygens (including phenoxy) is 1. The van der Waals surface area contributed by atoms with E-state index in [4.69, 9.17) is 16.3 Å². The van der Waals surface area contributed by atoms with Crippen molar-refractivity contribution < 1.29 is 9.84 Å². The molecule has 0 saturated carbocycles. The molecular formula is C16H21ClO2. The van der Waals surface area contributed by atoms with Crippen molar-refractivity contribution in [1.82, 2.24) is 0 Å². The Bertz CT molecular complexity index is 454. The number of aliphatic hydroxyl groups is 1. The smallest absolute Gasteiger partial charge is 0.125 e. The van der Waals surface area contributed by atoms with Gasteiger partial charge in [0.2, 0.25) is 0 Å². The van der Waals surface area contributed by atoms with Gasteiger partial charge in [0.15, 0.2) is 0 Å². The molecule has 2 rings (SSSR count). The van der Waals surface area contributed by atoms with E-state index in [0.29, 0.717) is 10.8 Å². The number of aliphatic hydroxyl groups excluding tert-OH is 1. The van der Waals surface area contributed by atoms with Crippen molar-refractivity contribution in [3.05, 3.63) is 40.4 Å². The largest absolute Gasteiger partial charge is 0.496 e. The third-order valence-corrected chi connectivity index (χ3v) is 3.90. The Kier molecular flexibility index (Phi) is 5.29. The Morgan fingerprint density at radius 3 is 2.79 bits per heavy atom. The van der Waals surface area contributed by atoms with E-state index >= 15 is 0 Å². The fourth-order valence-corrected chi connectivity index (χ4v) is 2.76. The Morgan fingerprint density at radius 2 is 2.00 bits per heavy atom. The molecule has 0 bridgehead atoms. The molecule has 0 aromatic heterocycles. The van der Waals surface area contributed by atoms with Crippen molar-refractivity contribution in [2.45, 2.75) is 44.6 Å². The van der Waals surface area contributed by atoms with Gasteiger partial charge < -0.3 is 9.84 Å². The van der Waals surface area contributed by atoms with Crippen LogP contribution in [-0.2, 0) is 0 Å². The highest BCUT2D eigenvalue weighted by Gasteiger charge is 2.18. The first-order valence-corrected chi connectivity index (χ1v) is 7.30. The molecule has 104 valence electrons. The second kappa shape index (κ2) is 6.97. The zero-order valence-corrected chi connectivity index (χ0v) is 12.1. The van der Waals surface area contributed by atoms with Crippen LogP contribution in [0.1, 0.15) is 50.2 Å². The van der Waals surface area contributed by atoms with Crippen molar-refractivity contribution >= 4 is 11.6 Å². The Hall–Kier alpha value is -0.990. The molecule has 0 amide bonds. The minimum Gasteiger partial charge on any atom is -0.496 e. The number of halogens is 1. The predicted octanol–water partition coefficient (Wildman–Crippen LogP) is 4.66. The summed E-state index contributed by atoms with van der Waals surface area (Å²) in [6.07, 6.45) is 8.48. The first kappa shape index (κ1) is 14.4. The number of hydrogen-bond acceptors (Lipinski definition) is 2. The van der Waals surface area contributed by atoms with Crippen LogP contribution in [0.5, 0.6) is 5.75 Å². The standard InChI is InChI=1S/C16H21ClO2/c1-19-15-10-9-13(17)11-14(15)16(18)12-7-5-3-2-4-6-8-12/h7,9-11,16,18H,2-6,8H2,1H3/b12-7+. The lowest BCUT2D eigenvalue weighted by molar-refractivity contribution is 0.204. The Labute approximate surface area is 120 Å². The van der Waals surface area contributed by atoms with Gasteiger partial charge in [0.1, 0.15) is 11.9 Å². The summed E-state index contributed by atoms with van der Waals surface area (Å²) in [6, 6.07) is 5.39. The van der Waals surface area contributed by atoms with E-state index in [1.165, 1.54) is 19.3 Å². The number of rotatable bonds is 3. The van der Waals surface area contributed by atoms with Gasteiger partial charge in [0.05, 0.1) is 7.11 Å². The van der Waals surface area contributed by atoms with E-state index in [1.807, 2.05) is 6.07 Å². The van der Waals surface area contributed by atoms with E-state index in [0.717, 1.165) is 30.4 Å². The molecule has 0 heterocycles. The molecule has 1 aliphatic carbocycles. The number of hydrogen-bond donors (Lipinski definition) is 1. The van der Waals surface area contributed by atoms with Crippen molar-refractivity contribution in [3.8, 4) is 5.75 Å². The summed E-state index contributed by atoms with van der Waals surface area (Å²) in [7, 11) is 1.62. The van der Waals surface area contributed by atoms with Gasteiger partial charge in [-0.1, -0.05) is 30.5 Å². The first-order valence-electron chi connectivity index (χ1n) is 6.93. The Balaban J connectivity index is 2.26. The summed E-state index contributed by atoms with van der Waals surface area (Å²) >= 11 is 6.03. The van der Waals surface area contributed by atoms with E-state index in [9.17, 15) is 5.11 Å². The summed E-state index contributed by atoms with van der Waals surface area (Å²) in [5.41, 5.74) is 1.86. The lowest BCUT2D eigenvalue weighted by Gasteiger charge is -2.20. The molecule has 0 radical (unpaired) electrons. The highest BCUT2D eigenvalue weighted by Crippen LogP contribution is 2.35. The quantitative estimate of drug-likeness (QED) is 0.816. The van der Waals surface area contributed by atoms with Gasteiger partial charge in [-0.2, -0.15) is 0 Å². The van der Waals surface area contributed by atoms with Crippen molar-refractivity contribution in [2.24, 2.45) is 0 Å². The minimum atomic E-state index is -0.605. The zero-order valence-electron chi connectivity index (χ0n) is 11.4. The van der Waals surface area contributed by atoms with Gasteiger partial charge in [0.25, 0.3) is 0 Å². The van der Waals surface area contributed by atoms with Gasteiger partial charge in [-0.25, -0.2) is 0 Å². The van der Waals surface area contributed by atoms with Gasteiger partial charge in [0, 0.05) is 10.6 Å². The molecule has 2 nitrogen and oxygen atoms in total. The highest BCUT2D eigenvalue weighted by atomic mass is 35.5. The van der Waals surface area contributed by atoms with E-state index in [1.54, 1.807) is 19.2 Å². The van der Waals surface area contributed by atoms with E-state index in [2.05, 4.69) is 6.08 Å². The van der Waals surface area contributed by atoms with Crippen LogP contribution in [0.4, 0.5) is 0 Å². The maximum absolute atomic E-state index is 10.6. The number of allylic oxidation sites excluding steroid dienone is 1. The molecule has 1 atom stereocenters. The topological polar surface area (TPSA) is 29.5 Å². The van der Waals surface area contributed by atoms with Crippen LogP contribution in [0, 0.1) is 0 Å². The van der Waals surface area contributed by atoms with Crippen molar-refractivity contribution in [2.75, 3.05) is 7.11 Å². The molecule has 1 N–H and O–H groups in total. The summed E-state index contributed by atoms with van der Waals surface area (Å²) in [4.78, 5) is 0. The van der Waals surface area contributed by atoms with E-state index < -0.39 is 6.10 Å². The normalized spacial score (nSPS) is 20.9. The third-order valence-electron chi connectivity index (χ3n) is 3.66. The van der Waals surface area contributed by atoms with Gasteiger partial charge >= 0.3 is 0 Å². The predicted molar refractivity (Wildman–Crippen MR) is 78.7 cm³/mol. The average Bonchev–Trinajstić information content (AvgIpc) is 2.37. The molecule has 1 aliphatic rings. The van der Waals surface area contributed by atoms with Crippen LogP contribution in [0.3, 0.4) is 0 Å². The van der Waals surface area contributed by atoms with Gasteiger partial charge in [-0.15, -0.1) is 0 Å². The fraction of sp³-hybridized carbons (Fsp3) is 0.500. The monoisotopic (exact) mass is 280 g/mol. The number of methoxy groups -OCH3 is 1. The fourth-order valence-electron chi connectivity index (χ4n) is 2.58. The Morgan fingerprint density at radius 1 is 1.21 bits per heavy atom. The van der Waals surface area contributed by atoms with Crippen LogP contribution in [0.15, 0.2) is 29.8 Å². The maximum Gasteiger partial charge on any atom is 0.125 e. The van der Waals surface area contributed by atoms with Crippen LogP contribution in [0.25, 0.3) is 0 Å².